The summed E-state index contributed by atoms with van der Waals surface area (Å²) in [5.74, 6) is 0. The zero-order valence-corrected chi connectivity index (χ0v) is 7.90. The van der Waals surface area contributed by atoms with Gasteiger partial charge in [-0.05, 0) is 0 Å². The second-order valence-corrected chi connectivity index (χ2v) is 2.77. The van der Waals surface area contributed by atoms with Gasteiger partial charge in [0.2, 0.25) is 10.5 Å². The molecular weight excluding hydrogens is 186 g/mol. The molecule has 0 fully saturated rings. The molecule has 3 radical (unpaired) electrons. The Morgan fingerprint density at radius 1 is 1.46 bits per heavy atom. The zero-order valence-electron chi connectivity index (χ0n) is 6.90. The maximum Gasteiger partial charge on any atom is 0.272 e. The fraction of sp³-hybridized carbons (Fsp3) is 0.250. The Bertz CT molecular complexity index is 303. The minimum absolute atomic E-state index is 0.145. The van der Waals surface area contributed by atoms with Gasteiger partial charge in [-0.2, -0.15) is 0 Å². The van der Waals surface area contributed by atoms with E-state index < -0.39 is 0 Å². The maximum absolute atomic E-state index is 10.5. The molecule has 67 valence electrons. The largest absolute Gasteiger partial charge is 0.418 e. The highest BCUT2D eigenvalue weighted by molar-refractivity contribution is 5.97. The summed E-state index contributed by atoms with van der Waals surface area (Å²) in [6.45, 7) is 0.418. The Morgan fingerprint density at radius 3 is 2.77 bits per heavy atom. The molecule has 0 amide bonds. The van der Waals surface area contributed by atoms with Gasteiger partial charge in [0.1, 0.15) is 0 Å². The summed E-state index contributed by atoms with van der Waals surface area (Å²) in [5, 5.41) is 10.5. The molecule has 0 aliphatic heterocycles. The van der Waals surface area contributed by atoms with E-state index in [0.717, 1.165) is 0 Å². The smallest absolute Gasteiger partial charge is 0.272 e. The standard InChI is InChI=1S/C8H8NO3Si/c10-9(11)8-4-2-1-3-7(8)5-6-12-13/h1-4H,5-6H2. The van der Waals surface area contributed by atoms with E-state index in [1.165, 1.54) is 6.07 Å². The molecule has 0 saturated carbocycles. The molecule has 13 heavy (non-hydrogen) atoms. The molecule has 0 aliphatic carbocycles. The van der Waals surface area contributed by atoms with Crippen LogP contribution in [0.5, 0.6) is 0 Å². The van der Waals surface area contributed by atoms with Crippen molar-refractivity contribution >= 4 is 16.2 Å². The van der Waals surface area contributed by atoms with Gasteiger partial charge < -0.3 is 4.43 Å². The van der Waals surface area contributed by atoms with Gasteiger partial charge >= 0.3 is 0 Å². The van der Waals surface area contributed by atoms with Gasteiger partial charge in [-0.1, -0.05) is 18.2 Å². The highest BCUT2D eigenvalue weighted by atomic mass is 28.2. The molecule has 1 rings (SSSR count). The first-order chi connectivity index (χ1) is 6.25. The fourth-order valence-corrected chi connectivity index (χ4v) is 1.16. The molecule has 1 aromatic carbocycles. The predicted octanol–water partition coefficient (Wildman–Crippen LogP) is 1.24. The minimum Gasteiger partial charge on any atom is -0.418 e. The molecule has 0 aliphatic rings. The third-order valence-corrected chi connectivity index (χ3v) is 1.87. The number of rotatable bonds is 4. The van der Waals surface area contributed by atoms with E-state index in [1.54, 1.807) is 18.2 Å². The van der Waals surface area contributed by atoms with Gasteiger partial charge in [0.15, 0.2) is 0 Å². The molecule has 0 unspecified atom stereocenters. The zero-order chi connectivity index (χ0) is 9.68. The Kier molecular flexibility index (Phi) is 3.60. The van der Waals surface area contributed by atoms with Crippen molar-refractivity contribution in [3.8, 4) is 0 Å². The van der Waals surface area contributed by atoms with Crippen molar-refractivity contribution in [2.75, 3.05) is 6.61 Å². The van der Waals surface area contributed by atoms with Crippen LogP contribution in [0.15, 0.2) is 24.3 Å². The van der Waals surface area contributed by atoms with E-state index >= 15 is 0 Å². The van der Waals surface area contributed by atoms with Crippen LogP contribution in [0.25, 0.3) is 0 Å². The average molecular weight is 194 g/mol. The van der Waals surface area contributed by atoms with E-state index in [2.05, 4.69) is 14.9 Å². The second kappa shape index (κ2) is 4.73. The van der Waals surface area contributed by atoms with Crippen LogP contribution < -0.4 is 0 Å². The van der Waals surface area contributed by atoms with Crippen LogP contribution in [0, 0.1) is 10.1 Å². The second-order valence-electron chi connectivity index (χ2n) is 2.48. The van der Waals surface area contributed by atoms with Gasteiger partial charge in [-0.25, -0.2) is 0 Å². The van der Waals surface area contributed by atoms with Gasteiger partial charge in [0, 0.05) is 24.7 Å². The van der Waals surface area contributed by atoms with E-state index in [1.807, 2.05) is 0 Å². The maximum atomic E-state index is 10.5. The molecule has 0 bridgehead atoms. The lowest BCUT2D eigenvalue weighted by Crippen LogP contribution is -1.99. The molecular formula is C8H8NO3Si. The highest BCUT2D eigenvalue weighted by Gasteiger charge is 2.10. The molecule has 0 heterocycles. The van der Waals surface area contributed by atoms with Crippen LogP contribution in [0.1, 0.15) is 5.56 Å². The molecule has 0 N–H and O–H groups in total. The number of nitrogens with zero attached hydrogens (tertiary/aromatic N) is 1. The summed E-state index contributed by atoms with van der Waals surface area (Å²) >= 11 is 0. The van der Waals surface area contributed by atoms with Crippen LogP contribution in [-0.4, -0.2) is 22.0 Å². The first kappa shape index (κ1) is 9.88. The number of hydrogen-bond donors (Lipinski definition) is 0. The van der Waals surface area contributed by atoms with Crippen LogP contribution in [0.4, 0.5) is 5.69 Å². The monoisotopic (exact) mass is 194 g/mol. The van der Waals surface area contributed by atoms with Crippen molar-refractivity contribution < 1.29 is 9.35 Å². The fourth-order valence-electron chi connectivity index (χ4n) is 1.06. The Morgan fingerprint density at radius 2 is 2.15 bits per heavy atom. The topological polar surface area (TPSA) is 52.4 Å². The average Bonchev–Trinajstić information content (AvgIpc) is 2.15. The minimum atomic E-state index is -0.386. The molecule has 1 aromatic rings. The Balaban J connectivity index is 2.84. The van der Waals surface area contributed by atoms with E-state index in [-0.39, 0.29) is 10.6 Å². The number of nitro benzene ring substituents is 1. The molecule has 0 atom stereocenters. The first-order valence-electron chi connectivity index (χ1n) is 3.76. The van der Waals surface area contributed by atoms with Gasteiger partial charge in [-0.15, -0.1) is 0 Å². The molecule has 0 spiro atoms. The predicted molar refractivity (Wildman–Crippen MR) is 48.5 cm³/mol. The number of nitro groups is 1. The van der Waals surface area contributed by atoms with Crippen molar-refractivity contribution in [3.63, 3.8) is 0 Å². The summed E-state index contributed by atoms with van der Waals surface area (Å²) in [6, 6.07) is 6.64. The first-order valence-corrected chi connectivity index (χ1v) is 4.17. The SMILES string of the molecule is O=[N+]([O-])c1ccccc1CCO[Si]. The highest BCUT2D eigenvalue weighted by Crippen LogP contribution is 2.17. The van der Waals surface area contributed by atoms with Crippen LogP contribution in [-0.2, 0) is 10.8 Å². The lowest BCUT2D eigenvalue weighted by atomic mass is 10.1. The third kappa shape index (κ3) is 2.64. The summed E-state index contributed by atoms with van der Waals surface area (Å²) in [5.41, 5.74) is 0.831. The third-order valence-electron chi connectivity index (χ3n) is 1.66. The van der Waals surface area contributed by atoms with Gasteiger partial charge in [0.25, 0.3) is 5.69 Å². The summed E-state index contributed by atoms with van der Waals surface area (Å²) in [4.78, 5) is 10.2. The molecule has 0 saturated heterocycles. The summed E-state index contributed by atoms with van der Waals surface area (Å²) < 4.78 is 4.66. The van der Waals surface area contributed by atoms with Gasteiger partial charge in [-0.3, -0.25) is 10.1 Å². The lowest BCUT2D eigenvalue weighted by Gasteiger charge is -2.00. The van der Waals surface area contributed by atoms with E-state index in [9.17, 15) is 10.1 Å². The van der Waals surface area contributed by atoms with E-state index in [4.69, 9.17) is 0 Å². The van der Waals surface area contributed by atoms with Crippen LogP contribution in [0.3, 0.4) is 0 Å². The van der Waals surface area contributed by atoms with Crippen molar-refractivity contribution in [1.29, 1.82) is 0 Å². The quantitative estimate of drug-likeness (QED) is 0.411. The summed E-state index contributed by atoms with van der Waals surface area (Å²) in [6.07, 6.45) is 0.528. The van der Waals surface area contributed by atoms with Crippen LogP contribution >= 0.6 is 0 Å². The molecule has 0 aromatic heterocycles. The van der Waals surface area contributed by atoms with Crippen molar-refractivity contribution in [1.82, 2.24) is 0 Å². The van der Waals surface area contributed by atoms with Crippen LogP contribution in [0.2, 0.25) is 0 Å². The Labute approximate surface area is 79.2 Å². The number of para-hydroxylation sites is 1. The van der Waals surface area contributed by atoms with Crippen molar-refractivity contribution in [2.45, 2.75) is 6.42 Å². The van der Waals surface area contributed by atoms with Gasteiger partial charge in [0.05, 0.1) is 4.92 Å². The van der Waals surface area contributed by atoms with Crippen molar-refractivity contribution in [2.24, 2.45) is 0 Å². The summed E-state index contributed by atoms with van der Waals surface area (Å²) in [7, 11) is 2.84. The lowest BCUT2D eigenvalue weighted by molar-refractivity contribution is -0.385. The van der Waals surface area contributed by atoms with Crippen molar-refractivity contribution in [3.05, 3.63) is 39.9 Å². The normalized spacial score (nSPS) is 9.92. The number of benzene rings is 1. The molecule has 5 heteroatoms. The number of hydrogen-bond acceptors (Lipinski definition) is 3. The Hall–Kier alpha value is -1.20. The molecule has 4 nitrogen and oxygen atoms in total. The van der Waals surface area contributed by atoms with E-state index in [0.29, 0.717) is 18.6 Å².